The van der Waals surface area contributed by atoms with Crippen molar-refractivity contribution in [2.24, 2.45) is 0 Å². The second kappa shape index (κ2) is 2.03. The summed E-state index contributed by atoms with van der Waals surface area (Å²) in [6, 6.07) is 0. The topological polar surface area (TPSA) is 28.7 Å². The molecule has 1 N–H and O–H groups in total. The van der Waals surface area contributed by atoms with Crippen LogP contribution in [0, 0.1) is 0 Å². The Balaban J connectivity index is 2.32. The smallest absolute Gasteiger partial charge is 0.254 e. The van der Waals surface area contributed by atoms with E-state index in [4.69, 9.17) is 0 Å². The molecule has 0 amide bonds. The minimum Gasteiger partial charge on any atom is -0.348 e. The molecular formula is C7H8F2N2. The standard InChI is InChI=1S/C7H8F2N2/c8-7(9)2-1-5-6(3-7)11-4-10-5/h4H,1-3H2,(H,10,11). The highest BCUT2D eigenvalue weighted by atomic mass is 19.3. The van der Waals surface area contributed by atoms with Gasteiger partial charge in [-0.15, -0.1) is 0 Å². The van der Waals surface area contributed by atoms with Gasteiger partial charge in [0.2, 0.25) is 0 Å². The molecule has 0 aromatic carbocycles. The SMILES string of the molecule is FC1(F)CCc2nc[nH]c2C1. The van der Waals surface area contributed by atoms with Gasteiger partial charge in [-0.05, 0) is 6.42 Å². The van der Waals surface area contributed by atoms with E-state index in [9.17, 15) is 8.78 Å². The number of nitrogens with one attached hydrogen (secondary N) is 1. The molecule has 1 heterocycles. The van der Waals surface area contributed by atoms with Gasteiger partial charge in [-0.3, -0.25) is 0 Å². The molecule has 0 saturated heterocycles. The van der Waals surface area contributed by atoms with Crippen LogP contribution in [0.1, 0.15) is 17.8 Å². The molecule has 0 spiro atoms. The van der Waals surface area contributed by atoms with Gasteiger partial charge in [0.05, 0.1) is 18.4 Å². The molecule has 0 radical (unpaired) electrons. The second-order valence-corrected chi connectivity index (χ2v) is 2.86. The number of H-pyrrole nitrogens is 1. The third kappa shape index (κ3) is 1.13. The Bertz CT molecular complexity index is 267. The molecule has 0 fully saturated rings. The predicted molar refractivity (Wildman–Crippen MR) is 35.6 cm³/mol. The predicted octanol–water partition coefficient (Wildman–Crippen LogP) is 1.53. The van der Waals surface area contributed by atoms with Gasteiger partial charge in [0, 0.05) is 12.1 Å². The van der Waals surface area contributed by atoms with Crippen LogP contribution in [0.2, 0.25) is 0 Å². The highest BCUT2D eigenvalue weighted by Gasteiger charge is 2.35. The Morgan fingerprint density at radius 1 is 1.55 bits per heavy atom. The minimum atomic E-state index is -2.53. The molecule has 0 atom stereocenters. The number of halogens is 2. The van der Waals surface area contributed by atoms with Crippen LogP contribution in [-0.4, -0.2) is 15.9 Å². The first-order chi connectivity index (χ1) is 5.17. The summed E-state index contributed by atoms with van der Waals surface area (Å²) < 4.78 is 25.4. The number of hydrogen-bond acceptors (Lipinski definition) is 1. The molecule has 1 aliphatic carbocycles. The van der Waals surface area contributed by atoms with E-state index in [0.717, 1.165) is 5.69 Å². The van der Waals surface area contributed by atoms with Crippen LogP contribution >= 0.6 is 0 Å². The van der Waals surface area contributed by atoms with E-state index in [0.29, 0.717) is 12.1 Å². The summed E-state index contributed by atoms with van der Waals surface area (Å²) in [5.74, 6) is -2.53. The van der Waals surface area contributed by atoms with Crippen LogP contribution in [-0.2, 0) is 12.8 Å². The fourth-order valence-corrected chi connectivity index (χ4v) is 1.37. The van der Waals surface area contributed by atoms with Crippen molar-refractivity contribution in [2.75, 3.05) is 0 Å². The van der Waals surface area contributed by atoms with E-state index >= 15 is 0 Å². The normalized spacial score (nSPS) is 21.3. The number of aryl methyl sites for hydroxylation is 1. The van der Waals surface area contributed by atoms with E-state index in [-0.39, 0.29) is 12.8 Å². The first-order valence-corrected chi connectivity index (χ1v) is 3.56. The zero-order chi connectivity index (χ0) is 7.90. The second-order valence-electron chi connectivity index (χ2n) is 2.86. The van der Waals surface area contributed by atoms with Crippen LogP contribution < -0.4 is 0 Å². The molecular weight excluding hydrogens is 150 g/mol. The number of hydrogen-bond donors (Lipinski definition) is 1. The van der Waals surface area contributed by atoms with E-state index in [2.05, 4.69) is 9.97 Å². The summed E-state index contributed by atoms with van der Waals surface area (Å²) in [4.78, 5) is 6.66. The lowest BCUT2D eigenvalue weighted by Gasteiger charge is -2.20. The maximum atomic E-state index is 12.7. The van der Waals surface area contributed by atoms with Gasteiger partial charge < -0.3 is 4.98 Å². The van der Waals surface area contributed by atoms with Crippen LogP contribution in [0.25, 0.3) is 0 Å². The lowest BCUT2D eigenvalue weighted by Crippen LogP contribution is -2.25. The lowest BCUT2D eigenvalue weighted by atomic mass is 9.98. The zero-order valence-corrected chi connectivity index (χ0v) is 5.90. The van der Waals surface area contributed by atoms with Crippen molar-refractivity contribution in [2.45, 2.75) is 25.2 Å². The van der Waals surface area contributed by atoms with E-state index in [1.165, 1.54) is 6.33 Å². The fourth-order valence-electron chi connectivity index (χ4n) is 1.37. The molecule has 60 valence electrons. The van der Waals surface area contributed by atoms with Crippen LogP contribution in [0.15, 0.2) is 6.33 Å². The van der Waals surface area contributed by atoms with Gasteiger partial charge >= 0.3 is 0 Å². The molecule has 11 heavy (non-hydrogen) atoms. The summed E-state index contributed by atoms with van der Waals surface area (Å²) >= 11 is 0. The number of fused-ring (bicyclic) bond motifs is 1. The van der Waals surface area contributed by atoms with E-state index in [1.54, 1.807) is 0 Å². The van der Waals surface area contributed by atoms with Gasteiger partial charge in [0.15, 0.2) is 0 Å². The molecule has 0 aliphatic heterocycles. The molecule has 0 saturated carbocycles. The summed E-state index contributed by atoms with van der Waals surface area (Å²) in [5, 5.41) is 0. The molecule has 0 bridgehead atoms. The Kier molecular flexibility index (Phi) is 1.25. The molecule has 0 unspecified atom stereocenters. The molecule has 4 heteroatoms. The highest BCUT2D eigenvalue weighted by Crippen LogP contribution is 2.30. The number of rotatable bonds is 0. The summed E-state index contributed by atoms with van der Waals surface area (Å²) in [6.07, 6.45) is 1.63. The fraction of sp³-hybridized carbons (Fsp3) is 0.571. The molecule has 2 nitrogen and oxygen atoms in total. The van der Waals surface area contributed by atoms with Crippen molar-refractivity contribution in [3.8, 4) is 0 Å². The number of nitrogens with zero attached hydrogens (tertiary/aromatic N) is 1. The van der Waals surface area contributed by atoms with E-state index in [1.807, 2.05) is 0 Å². The Labute approximate surface area is 62.6 Å². The van der Waals surface area contributed by atoms with Gasteiger partial charge in [-0.1, -0.05) is 0 Å². The van der Waals surface area contributed by atoms with Gasteiger partial charge in [-0.2, -0.15) is 0 Å². The van der Waals surface area contributed by atoms with Crippen molar-refractivity contribution in [1.82, 2.24) is 9.97 Å². The minimum absolute atomic E-state index is 0.0646. The maximum absolute atomic E-state index is 12.7. The number of aromatic amines is 1. The zero-order valence-electron chi connectivity index (χ0n) is 5.90. The van der Waals surface area contributed by atoms with Crippen molar-refractivity contribution in [1.29, 1.82) is 0 Å². The molecule has 1 aromatic heterocycles. The number of aromatic nitrogens is 2. The lowest BCUT2D eigenvalue weighted by molar-refractivity contribution is -0.0134. The van der Waals surface area contributed by atoms with Crippen molar-refractivity contribution in [3.05, 3.63) is 17.7 Å². The van der Waals surface area contributed by atoms with Crippen molar-refractivity contribution in [3.63, 3.8) is 0 Å². The number of imidazole rings is 1. The quantitative estimate of drug-likeness (QED) is 0.609. The van der Waals surface area contributed by atoms with Crippen LogP contribution in [0.3, 0.4) is 0 Å². The Hall–Kier alpha value is -0.930. The third-order valence-corrected chi connectivity index (χ3v) is 1.97. The van der Waals surface area contributed by atoms with Crippen LogP contribution in [0.5, 0.6) is 0 Å². The summed E-state index contributed by atoms with van der Waals surface area (Å²) in [6.45, 7) is 0. The first kappa shape index (κ1) is 6.76. The molecule has 2 rings (SSSR count). The number of alkyl halides is 2. The largest absolute Gasteiger partial charge is 0.348 e. The van der Waals surface area contributed by atoms with Gasteiger partial charge in [0.1, 0.15) is 0 Å². The monoisotopic (exact) mass is 158 g/mol. The van der Waals surface area contributed by atoms with Crippen molar-refractivity contribution < 1.29 is 8.78 Å². The average molecular weight is 158 g/mol. The summed E-state index contributed by atoms with van der Waals surface area (Å²) in [7, 11) is 0. The maximum Gasteiger partial charge on any atom is 0.254 e. The Morgan fingerprint density at radius 3 is 3.18 bits per heavy atom. The van der Waals surface area contributed by atoms with Gasteiger partial charge in [-0.25, -0.2) is 13.8 Å². The van der Waals surface area contributed by atoms with Crippen LogP contribution in [0.4, 0.5) is 8.78 Å². The molecule has 1 aliphatic rings. The Morgan fingerprint density at radius 2 is 2.36 bits per heavy atom. The highest BCUT2D eigenvalue weighted by molar-refractivity contribution is 5.16. The average Bonchev–Trinajstić information content (AvgIpc) is 2.31. The first-order valence-electron chi connectivity index (χ1n) is 3.56. The summed E-state index contributed by atoms with van der Waals surface area (Å²) in [5.41, 5.74) is 1.40. The van der Waals surface area contributed by atoms with Gasteiger partial charge in [0.25, 0.3) is 5.92 Å². The van der Waals surface area contributed by atoms with E-state index < -0.39 is 5.92 Å². The van der Waals surface area contributed by atoms with Crippen molar-refractivity contribution >= 4 is 0 Å². The molecule has 1 aromatic rings. The third-order valence-electron chi connectivity index (χ3n) is 1.97.